The molecule has 0 spiro atoms. The lowest BCUT2D eigenvalue weighted by Crippen LogP contribution is -2.37. The molecule has 2 fully saturated rings. The third-order valence-corrected chi connectivity index (χ3v) is 3.63. The minimum Gasteiger partial charge on any atom is -0.451 e. The molecular formula is C11H18ClN3O. The summed E-state index contributed by atoms with van der Waals surface area (Å²) in [6.45, 7) is 3.25. The number of oxazole rings is 1. The highest BCUT2D eigenvalue weighted by Crippen LogP contribution is 2.29. The number of hydrogen-bond donors (Lipinski definition) is 1. The Morgan fingerprint density at radius 3 is 3.06 bits per heavy atom. The zero-order valence-corrected chi connectivity index (χ0v) is 10.1. The quantitative estimate of drug-likeness (QED) is 0.853. The highest BCUT2D eigenvalue weighted by Gasteiger charge is 2.34. The topological polar surface area (TPSA) is 41.3 Å². The van der Waals surface area contributed by atoms with Gasteiger partial charge in [-0.1, -0.05) is 0 Å². The van der Waals surface area contributed by atoms with Crippen molar-refractivity contribution >= 4 is 12.4 Å². The van der Waals surface area contributed by atoms with Gasteiger partial charge in [0.2, 0.25) is 0 Å². The number of nitrogens with zero attached hydrogens (tertiary/aromatic N) is 2. The molecule has 1 aromatic rings. The van der Waals surface area contributed by atoms with Crippen LogP contribution in [0.25, 0.3) is 0 Å². The molecule has 2 aliphatic rings. The van der Waals surface area contributed by atoms with Crippen LogP contribution in [0.2, 0.25) is 0 Å². The molecule has 1 N–H and O–H groups in total. The zero-order chi connectivity index (χ0) is 10.1. The third kappa shape index (κ3) is 2.24. The van der Waals surface area contributed by atoms with Crippen molar-refractivity contribution in [1.82, 2.24) is 15.2 Å². The van der Waals surface area contributed by atoms with Gasteiger partial charge in [0.15, 0.2) is 6.39 Å². The molecule has 0 radical (unpaired) electrons. The van der Waals surface area contributed by atoms with Gasteiger partial charge in [-0.2, -0.15) is 0 Å². The van der Waals surface area contributed by atoms with E-state index in [0.29, 0.717) is 6.04 Å². The van der Waals surface area contributed by atoms with Crippen LogP contribution < -0.4 is 5.32 Å². The van der Waals surface area contributed by atoms with E-state index in [-0.39, 0.29) is 12.4 Å². The van der Waals surface area contributed by atoms with Crippen molar-refractivity contribution in [2.75, 3.05) is 13.1 Å². The van der Waals surface area contributed by atoms with Crippen molar-refractivity contribution < 1.29 is 4.42 Å². The summed E-state index contributed by atoms with van der Waals surface area (Å²) >= 11 is 0. The van der Waals surface area contributed by atoms with Crippen LogP contribution in [0.5, 0.6) is 0 Å². The molecule has 0 saturated carbocycles. The van der Waals surface area contributed by atoms with E-state index in [4.69, 9.17) is 4.42 Å². The molecule has 5 heteroatoms. The van der Waals surface area contributed by atoms with Gasteiger partial charge in [0, 0.05) is 25.2 Å². The van der Waals surface area contributed by atoms with Crippen molar-refractivity contribution in [2.24, 2.45) is 0 Å². The lowest BCUT2D eigenvalue weighted by Gasteiger charge is -2.26. The molecule has 0 aliphatic carbocycles. The van der Waals surface area contributed by atoms with Crippen LogP contribution in [0.3, 0.4) is 0 Å². The van der Waals surface area contributed by atoms with Crippen molar-refractivity contribution in [1.29, 1.82) is 0 Å². The third-order valence-electron chi connectivity index (χ3n) is 3.63. The first-order valence-electron chi connectivity index (χ1n) is 5.77. The minimum atomic E-state index is 0. The second-order valence-electron chi connectivity index (χ2n) is 4.53. The van der Waals surface area contributed by atoms with Crippen molar-refractivity contribution in [2.45, 2.75) is 37.9 Å². The van der Waals surface area contributed by atoms with Crippen LogP contribution >= 0.6 is 12.4 Å². The van der Waals surface area contributed by atoms with Crippen LogP contribution in [0.4, 0.5) is 0 Å². The summed E-state index contributed by atoms with van der Waals surface area (Å²) in [5.41, 5.74) is 1.06. The van der Waals surface area contributed by atoms with Crippen molar-refractivity contribution in [3.63, 3.8) is 0 Å². The first kappa shape index (κ1) is 11.9. The lowest BCUT2D eigenvalue weighted by molar-refractivity contribution is 0.191. The van der Waals surface area contributed by atoms with Crippen LogP contribution in [0.15, 0.2) is 17.1 Å². The molecule has 3 heterocycles. The summed E-state index contributed by atoms with van der Waals surface area (Å²) in [4.78, 5) is 6.80. The van der Waals surface area contributed by atoms with Gasteiger partial charge in [-0.15, -0.1) is 12.4 Å². The molecule has 0 aromatic carbocycles. The number of hydrogen-bond acceptors (Lipinski definition) is 4. The van der Waals surface area contributed by atoms with Gasteiger partial charge in [0.25, 0.3) is 0 Å². The molecule has 90 valence electrons. The minimum absolute atomic E-state index is 0. The first-order valence-corrected chi connectivity index (χ1v) is 5.77. The van der Waals surface area contributed by atoms with Gasteiger partial charge in [0.05, 0.1) is 5.69 Å². The highest BCUT2D eigenvalue weighted by atomic mass is 35.5. The van der Waals surface area contributed by atoms with E-state index in [1.807, 2.05) is 0 Å². The fourth-order valence-corrected chi connectivity index (χ4v) is 2.84. The molecule has 0 amide bonds. The highest BCUT2D eigenvalue weighted by molar-refractivity contribution is 5.85. The number of nitrogens with one attached hydrogen (secondary N) is 1. The fraction of sp³-hybridized carbons (Fsp3) is 0.727. The summed E-state index contributed by atoms with van der Waals surface area (Å²) in [5, 5.41) is 3.50. The van der Waals surface area contributed by atoms with Gasteiger partial charge >= 0.3 is 0 Å². The lowest BCUT2D eigenvalue weighted by atomic mass is 10.1. The summed E-state index contributed by atoms with van der Waals surface area (Å²) in [7, 11) is 0. The van der Waals surface area contributed by atoms with E-state index in [9.17, 15) is 0 Å². The first-order chi connectivity index (χ1) is 7.43. The zero-order valence-electron chi connectivity index (χ0n) is 9.26. The average molecular weight is 244 g/mol. The summed E-state index contributed by atoms with van der Waals surface area (Å²) in [6, 6.07) is 1.45. The van der Waals surface area contributed by atoms with Crippen molar-refractivity contribution in [3.8, 4) is 0 Å². The number of rotatable bonds is 2. The number of aromatic nitrogens is 1. The number of halogens is 1. The summed E-state index contributed by atoms with van der Waals surface area (Å²) < 4.78 is 5.02. The van der Waals surface area contributed by atoms with Crippen LogP contribution in [-0.2, 0) is 6.54 Å². The predicted octanol–water partition coefficient (Wildman–Crippen LogP) is 1.42. The van der Waals surface area contributed by atoms with Gasteiger partial charge in [-0.05, 0) is 25.8 Å². The van der Waals surface area contributed by atoms with Crippen LogP contribution in [0, 0.1) is 0 Å². The maximum Gasteiger partial charge on any atom is 0.180 e. The Hall–Kier alpha value is -0.580. The molecule has 2 aliphatic heterocycles. The van der Waals surface area contributed by atoms with E-state index < -0.39 is 0 Å². The predicted molar refractivity (Wildman–Crippen MR) is 63.6 cm³/mol. The molecule has 1 aromatic heterocycles. The van der Waals surface area contributed by atoms with Gasteiger partial charge < -0.3 is 9.73 Å². The maximum atomic E-state index is 5.02. The Morgan fingerprint density at radius 1 is 1.38 bits per heavy atom. The molecular weight excluding hydrogens is 226 g/mol. The molecule has 16 heavy (non-hydrogen) atoms. The Morgan fingerprint density at radius 2 is 2.25 bits per heavy atom. The standard InChI is InChI=1S/C11H17N3O.ClH/c1-2-11-5-12-4-3-10(1)14(11)6-9-7-15-8-13-9;/h7-8,10-12H,1-6H2;1H. The largest absolute Gasteiger partial charge is 0.451 e. The molecule has 2 saturated heterocycles. The SMILES string of the molecule is Cl.c1nc(CN2C3CCNCC2CC3)co1. The number of fused-ring (bicyclic) bond motifs is 2. The van der Waals surface area contributed by atoms with Crippen LogP contribution in [-0.4, -0.2) is 35.1 Å². The second kappa shape index (κ2) is 5.17. The average Bonchev–Trinajstić information content (AvgIpc) is 2.76. The Balaban J connectivity index is 0.000000963. The van der Waals surface area contributed by atoms with Crippen LogP contribution in [0.1, 0.15) is 25.0 Å². The maximum absolute atomic E-state index is 5.02. The van der Waals surface area contributed by atoms with E-state index in [1.54, 1.807) is 6.26 Å². The molecule has 2 atom stereocenters. The fourth-order valence-electron chi connectivity index (χ4n) is 2.84. The van der Waals surface area contributed by atoms with E-state index in [1.165, 1.54) is 25.7 Å². The van der Waals surface area contributed by atoms with E-state index >= 15 is 0 Å². The molecule has 4 nitrogen and oxygen atoms in total. The smallest absolute Gasteiger partial charge is 0.180 e. The van der Waals surface area contributed by atoms with Gasteiger partial charge in [-0.3, -0.25) is 4.90 Å². The Labute approximate surface area is 102 Å². The second-order valence-corrected chi connectivity index (χ2v) is 4.53. The van der Waals surface area contributed by atoms with E-state index in [0.717, 1.165) is 31.4 Å². The summed E-state index contributed by atoms with van der Waals surface area (Å²) in [5.74, 6) is 0. The van der Waals surface area contributed by atoms with E-state index in [2.05, 4.69) is 15.2 Å². The Kier molecular flexibility index (Phi) is 3.84. The molecule has 2 bridgehead atoms. The van der Waals surface area contributed by atoms with Gasteiger partial charge in [0.1, 0.15) is 6.26 Å². The monoisotopic (exact) mass is 243 g/mol. The molecule has 2 unspecified atom stereocenters. The van der Waals surface area contributed by atoms with Crippen molar-refractivity contribution in [3.05, 3.63) is 18.4 Å². The normalized spacial score (nSPS) is 29.8. The van der Waals surface area contributed by atoms with Gasteiger partial charge in [-0.25, -0.2) is 4.98 Å². The Bertz CT molecular complexity index is 303. The summed E-state index contributed by atoms with van der Waals surface area (Å²) in [6.07, 6.45) is 7.24. The molecule has 3 rings (SSSR count).